The first-order chi connectivity index (χ1) is 8.86. The molecule has 1 aromatic rings. The number of hydrogen-bond donors (Lipinski definition) is 1. The lowest BCUT2D eigenvalue weighted by molar-refractivity contribution is 0.141. The summed E-state index contributed by atoms with van der Waals surface area (Å²) < 4.78 is 5.75. The number of rotatable bonds is 3. The van der Waals surface area contributed by atoms with Crippen molar-refractivity contribution in [3.05, 3.63) is 11.8 Å². The standard InChI is InChI=1S/C14H26N4O/c1-10(15)11-6-5-7-18(8-11)9-12-16-17-13(19-12)14(2,3)4/h10-11H,5-9,15H2,1-4H3. The third kappa shape index (κ3) is 3.76. The molecule has 0 aromatic carbocycles. The molecule has 1 fully saturated rings. The zero-order valence-electron chi connectivity index (χ0n) is 12.5. The molecule has 2 heterocycles. The zero-order valence-corrected chi connectivity index (χ0v) is 12.5. The van der Waals surface area contributed by atoms with Crippen LogP contribution >= 0.6 is 0 Å². The molecule has 0 aliphatic carbocycles. The van der Waals surface area contributed by atoms with Crippen LogP contribution in [0.5, 0.6) is 0 Å². The van der Waals surface area contributed by atoms with Crippen LogP contribution in [0.25, 0.3) is 0 Å². The Labute approximate surface area is 115 Å². The molecule has 0 saturated carbocycles. The van der Waals surface area contributed by atoms with Gasteiger partial charge >= 0.3 is 0 Å². The van der Waals surface area contributed by atoms with Crippen molar-refractivity contribution in [3.63, 3.8) is 0 Å². The van der Waals surface area contributed by atoms with Gasteiger partial charge in [0, 0.05) is 18.0 Å². The van der Waals surface area contributed by atoms with Gasteiger partial charge in [-0.05, 0) is 32.2 Å². The molecular weight excluding hydrogens is 240 g/mol. The van der Waals surface area contributed by atoms with Crippen LogP contribution in [0.15, 0.2) is 4.42 Å². The Morgan fingerprint density at radius 1 is 1.42 bits per heavy atom. The first kappa shape index (κ1) is 14.5. The number of piperidine rings is 1. The Morgan fingerprint density at radius 3 is 2.74 bits per heavy atom. The molecule has 1 aliphatic rings. The van der Waals surface area contributed by atoms with E-state index in [1.54, 1.807) is 0 Å². The number of aromatic nitrogens is 2. The second-order valence-electron chi connectivity index (χ2n) is 6.75. The predicted octanol–water partition coefficient (Wildman–Crippen LogP) is 1.93. The highest BCUT2D eigenvalue weighted by molar-refractivity contribution is 4.96. The lowest BCUT2D eigenvalue weighted by atomic mass is 9.92. The van der Waals surface area contributed by atoms with Gasteiger partial charge in [-0.15, -0.1) is 10.2 Å². The summed E-state index contributed by atoms with van der Waals surface area (Å²) >= 11 is 0. The van der Waals surface area contributed by atoms with Crippen LogP contribution < -0.4 is 5.73 Å². The van der Waals surface area contributed by atoms with Gasteiger partial charge in [-0.2, -0.15) is 0 Å². The second kappa shape index (κ2) is 5.59. The lowest BCUT2D eigenvalue weighted by Gasteiger charge is -2.33. The second-order valence-corrected chi connectivity index (χ2v) is 6.75. The summed E-state index contributed by atoms with van der Waals surface area (Å²) in [4.78, 5) is 2.37. The molecule has 19 heavy (non-hydrogen) atoms. The van der Waals surface area contributed by atoms with Crippen molar-refractivity contribution < 1.29 is 4.42 Å². The fraction of sp³-hybridized carbons (Fsp3) is 0.857. The fourth-order valence-corrected chi connectivity index (χ4v) is 2.48. The number of likely N-dealkylation sites (tertiary alicyclic amines) is 1. The van der Waals surface area contributed by atoms with E-state index in [0.29, 0.717) is 11.8 Å². The molecule has 108 valence electrons. The lowest BCUT2D eigenvalue weighted by Crippen LogP contribution is -2.41. The first-order valence-electron chi connectivity index (χ1n) is 7.17. The summed E-state index contributed by atoms with van der Waals surface area (Å²) in [6, 6.07) is 0.260. The minimum absolute atomic E-state index is 0.0819. The molecular formula is C14H26N4O. The number of nitrogens with two attached hydrogens (primary N) is 1. The Kier molecular flexibility index (Phi) is 4.26. The van der Waals surface area contributed by atoms with Gasteiger partial charge in [0.2, 0.25) is 11.8 Å². The maximum absolute atomic E-state index is 6.01. The van der Waals surface area contributed by atoms with Crippen molar-refractivity contribution in [3.8, 4) is 0 Å². The van der Waals surface area contributed by atoms with Crippen molar-refractivity contribution in [1.82, 2.24) is 15.1 Å². The van der Waals surface area contributed by atoms with Crippen molar-refractivity contribution in [2.45, 2.75) is 58.5 Å². The fourth-order valence-electron chi connectivity index (χ4n) is 2.48. The van der Waals surface area contributed by atoms with E-state index in [-0.39, 0.29) is 11.5 Å². The van der Waals surface area contributed by atoms with E-state index in [1.165, 1.54) is 12.8 Å². The summed E-state index contributed by atoms with van der Waals surface area (Å²) in [5, 5.41) is 8.30. The van der Waals surface area contributed by atoms with Gasteiger partial charge in [0.1, 0.15) is 0 Å². The van der Waals surface area contributed by atoms with Crippen LogP contribution in [0, 0.1) is 5.92 Å². The average molecular weight is 266 g/mol. The van der Waals surface area contributed by atoms with E-state index in [2.05, 4.69) is 42.8 Å². The quantitative estimate of drug-likeness (QED) is 0.905. The molecule has 5 heteroatoms. The molecule has 0 radical (unpaired) electrons. The molecule has 0 bridgehead atoms. The normalized spacial score (nSPS) is 23.5. The van der Waals surface area contributed by atoms with Gasteiger partial charge in [0.05, 0.1) is 6.54 Å². The summed E-state index contributed by atoms with van der Waals surface area (Å²) in [6.07, 6.45) is 2.43. The molecule has 2 N–H and O–H groups in total. The topological polar surface area (TPSA) is 68.2 Å². The smallest absolute Gasteiger partial charge is 0.230 e. The van der Waals surface area contributed by atoms with Gasteiger partial charge in [0.25, 0.3) is 0 Å². The molecule has 0 spiro atoms. The summed E-state index contributed by atoms with van der Waals surface area (Å²) in [5.74, 6) is 2.01. The van der Waals surface area contributed by atoms with Crippen LogP contribution in [0.4, 0.5) is 0 Å². The molecule has 1 aliphatic heterocycles. The molecule has 2 unspecified atom stereocenters. The number of nitrogens with zero attached hydrogens (tertiary/aromatic N) is 3. The van der Waals surface area contributed by atoms with Crippen molar-refractivity contribution in [2.24, 2.45) is 11.7 Å². The molecule has 0 amide bonds. The van der Waals surface area contributed by atoms with Crippen LogP contribution in [-0.4, -0.2) is 34.2 Å². The Bertz CT molecular complexity index is 408. The molecule has 1 saturated heterocycles. The van der Waals surface area contributed by atoms with Crippen LogP contribution in [0.1, 0.15) is 52.3 Å². The van der Waals surface area contributed by atoms with E-state index >= 15 is 0 Å². The van der Waals surface area contributed by atoms with E-state index in [9.17, 15) is 0 Å². The highest BCUT2D eigenvalue weighted by Gasteiger charge is 2.25. The maximum Gasteiger partial charge on any atom is 0.230 e. The minimum atomic E-state index is -0.0819. The van der Waals surface area contributed by atoms with Crippen LogP contribution in [0.2, 0.25) is 0 Å². The molecule has 2 rings (SSSR count). The highest BCUT2D eigenvalue weighted by Crippen LogP contribution is 2.23. The summed E-state index contributed by atoms with van der Waals surface area (Å²) in [5.41, 5.74) is 5.92. The summed E-state index contributed by atoms with van der Waals surface area (Å²) in [6.45, 7) is 11.2. The maximum atomic E-state index is 6.01. The van der Waals surface area contributed by atoms with Gasteiger partial charge in [-0.1, -0.05) is 20.8 Å². The van der Waals surface area contributed by atoms with E-state index in [1.807, 2.05) is 0 Å². The highest BCUT2D eigenvalue weighted by atomic mass is 16.4. The zero-order chi connectivity index (χ0) is 14.0. The van der Waals surface area contributed by atoms with E-state index < -0.39 is 0 Å². The van der Waals surface area contributed by atoms with Crippen LogP contribution in [0.3, 0.4) is 0 Å². The largest absolute Gasteiger partial charge is 0.423 e. The predicted molar refractivity (Wildman–Crippen MR) is 74.6 cm³/mol. The first-order valence-corrected chi connectivity index (χ1v) is 7.17. The van der Waals surface area contributed by atoms with Gasteiger partial charge in [0.15, 0.2) is 0 Å². The van der Waals surface area contributed by atoms with Crippen molar-refractivity contribution in [1.29, 1.82) is 0 Å². The molecule has 1 aromatic heterocycles. The third-order valence-corrected chi connectivity index (χ3v) is 3.75. The number of hydrogen-bond acceptors (Lipinski definition) is 5. The molecule has 2 atom stereocenters. The molecule has 5 nitrogen and oxygen atoms in total. The van der Waals surface area contributed by atoms with Gasteiger partial charge in [-0.3, -0.25) is 4.90 Å². The van der Waals surface area contributed by atoms with E-state index in [0.717, 1.165) is 25.5 Å². The summed E-state index contributed by atoms with van der Waals surface area (Å²) in [7, 11) is 0. The van der Waals surface area contributed by atoms with Crippen molar-refractivity contribution in [2.75, 3.05) is 13.1 Å². The van der Waals surface area contributed by atoms with Crippen LogP contribution in [-0.2, 0) is 12.0 Å². The monoisotopic (exact) mass is 266 g/mol. The minimum Gasteiger partial charge on any atom is -0.423 e. The SMILES string of the molecule is CC(N)C1CCCN(Cc2nnc(C(C)(C)C)o2)C1. The van der Waals surface area contributed by atoms with Gasteiger partial charge in [-0.25, -0.2) is 0 Å². The van der Waals surface area contributed by atoms with E-state index in [4.69, 9.17) is 10.2 Å². The van der Waals surface area contributed by atoms with Crippen molar-refractivity contribution >= 4 is 0 Å². The Balaban J connectivity index is 1.95. The van der Waals surface area contributed by atoms with Gasteiger partial charge < -0.3 is 10.2 Å². The average Bonchev–Trinajstić information content (AvgIpc) is 2.77. The third-order valence-electron chi connectivity index (χ3n) is 3.75. The Morgan fingerprint density at radius 2 is 2.16 bits per heavy atom. The Hall–Kier alpha value is -0.940.